The Morgan fingerprint density at radius 2 is 1.64 bits per heavy atom. The van der Waals surface area contributed by atoms with E-state index in [0.29, 0.717) is 13.0 Å². The van der Waals surface area contributed by atoms with Crippen LogP contribution in [-0.2, 0) is 18.4 Å². The summed E-state index contributed by atoms with van der Waals surface area (Å²) >= 11 is 0. The maximum Gasteiger partial charge on any atom is 0.328 e. The van der Waals surface area contributed by atoms with E-state index >= 15 is 0 Å². The van der Waals surface area contributed by atoms with Crippen molar-refractivity contribution in [2.75, 3.05) is 7.05 Å². The molecule has 0 aliphatic carbocycles. The minimum absolute atomic E-state index is 0.00191. The van der Waals surface area contributed by atoms with Crippen LogP contribution in [0.4, 0.5) is 0 Å². The zero-order valence-electron chi connectivity index (χ0n) is 14.8. The molecule has 3 rings (SSSR count). The van der Waals surface area contributed by atoms with E-state index in [0.717, 1.165) is 16.6 Å². The predicted molar refractivity (Wildman–Crippen MR) is 99.4 cm³/mol. The van der Waals surface area contributed by atoms with Gasteiger partial charge in [0.15, 0.2) is 0 Å². The highest BCUT2D eigenvalue weighted by Gasteiger charge is 2.18. The minimum atomic E-state index is -0.0900. The second-order valence-electron chi connectivity index (χ2n) is 6.32. The number of carbonyl (C=O) groups excluding carboxylic acids is 1. The van der Waals surface area contributed by atoms with E-state index in [4.69, 9.17) is 0 Å². The van der Waals surface area contributed by atoms with Gasteiger partial charge in [0.05, 0.1) is 17.1 Å². The quantitative estimate of drug-likeness (QED) is 0.719. The van der Waals surface area contributed by atoms with Crippen molar-refractivity contribution in [3.8, 4) is 0 Å². The van der Waals surface area contributed by atoms with Gasteiger partial charge in [0.25, 0.3) is 0 Å². The fourth-order valence-corrected chi connectivity index (χ4v) is 3.13. The minimum Gasteiger partial charge on any atom is -0.339 e. The number of nitrogens with zero attached hydrogens (tertiary/aromatic N) is 3. The summed E-state index contributed by atoms with van der Waals surface area (Å²) in [4.78, 5) is 26.8. The molecule has 0 aliphatic heterocycles. The second-order valence-corrected chi connectivity index (χ2v) is 6.32. The third-order valence-corrected chi connectivity index (χ3v) is 4.86. The van der Waals surface area contributed by atoms with Crippen molar-refractivity contribution in [2.45, 2.75) is 25.9 Å². The number of fused-ring (bicyclic) bond motifs is 1. The number of benzene rings is 2. The van der Waals surface area contributed by atoms with Crippen LogP contribution < -0.4 is 5.69 Å². The molecule has 3 aromatic rings. The Morgan fingerprint density at radius 3 is 2.32 bits per heavy atom. The highest BCUT2D eigenvalue weighted by atomic mass is 16.2. The Hall–Kier alpha value is -2.82. The summed E-state index contributed by atoms with van der Waals surface area (Å²) in [5.41, 5.74) is 2.75. The number of amides is 1. The number of rotatable bonds is 5. The number of aromatic nitrogens is 2. The van der Waals surface area contributed by atoms with Gasteiger partial charge in [-0.3, -0.25) is 13.9 Å². The Morgan fingerprint density at radius 1 is 1.04 bits per heavy atom. The van der Waals surface area contributed by atoms with Gasteiger partial charge in [-0.2, -0.15) is 0 Å². The van der Waals surface area contributed by atoms with Crippen LogP contribution in [0.1, 0.15) is 24.9 Å². The number of carbonyl (C=O) groups is 1. The molecule has 1 aromatic heterocycles. The number of hydrogen-bond donors (Lipinski definition) is 0. The monoisotopic (exact) mass is 337 g/mol. The molecule has 25 heavy (non-hydrogen) atoms. The number of hydrogen-bond acceptors (Lipinski definition) is 2. The van der Waals surface area contributed by atoms with Crippen molar-refractivity contribution < 1.29 is 4.79 Å². The van der Waals surface area contributed by atoms with Gasteiger partial charge in [-0.15, -0.1) is 0 Å². The number of aryl methyl sites for hydroxylation is 2. The van der Waals surface area contributed by atoms with Gasteiger partial charge in [0.2, 0.25) is 5.91 Å². The molecule has 0 N–H and O–H groups in total. The molecular formula is C20H23N3O2. The molecule has 130 valence electrons. The molecule has 1 heterocycles. The molecular weight excluding hydrogens is 314 g/mol. The largest absolute Gasteiger partial charge is 0.339 e. The SMILES string of the molecule is C[C@H](c1ccccc1)N(C)C(=O)CCn1c(=O)n(C)c2ccccc21. The van der Waals surface area contributed by atoms with Crippen LogP contribution in [0.2, 0.25) is 0 Å². The van der Waals surface area contributed by atoms with E-state index in [2.05, 4.69) is 0 Å². The summed E-state index contributed by atoms with van der Waals surface area (Å²) in [5, 5.41) is 0. The number of para-hydroxylation sites is 2. The standard InChI is InChI=1S/C20H23N3O2/c1-15(16-9-5-4-6-10-16)21(2)19(24)13-14-23-18-12-8-7-11-17(18)22(3)20(23)25/h4-12,15H,13-14H2,1-3H3/t15-/m1/s1. The van der Waals surface area contributed by atoms with E-state index in [1.54, 1.807) is 21.1 Å². The Labute approximate surface area is 147 Å². The lowest BCUT2D eigenvalue weighted by Gasteiger charge is -2.25. The van der Waals surface area contributed by atoms with E-state index in [1.165, 1.54) is 0 Å². The van der Waals surface area contributed by atoms with Crippen LogP contribution >= 0.6 is 0 Å². The maximum atomic E-state index is 12.6. The fraction of sp³-hybridized carbons (Fsp3) is 0.300. The summed E-state index contributed by atoms with van der Waals surface area (Å²) < 4.78 is 3.30. The van der Waals surface area contributed by atoms with E-state index in [-0.39, 0.29) is 17.6 Å². The van der Waals surface area contributed by atoms with Crippen molar-refractivity contribution in [1.29, 1.82) is 0 Å². The Balaban J connectivity index is 1.75. The van der Waals surface area contributed by atoms with E-state index in [1.807, 2.05) is 68.6 Å². The first-order valence-corrected chi connectivity index (χ1v) is 8.45. The first-order chi connectivity index (χ1) is 12.0. The molecule has 0 radical (unpaired) electrons. The normalized spacial score (nSPS) is 12.3. The van der Waals surface area contributed by atoms with Crippen molar-refractivity contribution >= 4 is 16.9 Å². The molecule has 5 heteroatoms. The lowest BCUT2D eigenvalue weighted by Crippen LogP contribution is -2.31. The molecule has 0 saturated heterocycles. The lowest BCUT2D eigenvalue weighted by molar-refractivity contribution is -0.132. The van der Waals surface area contributed by atoms with Crippen LogP contribution in [0.3, 0.4) is 0 Å². The average Bonchev–Trinajstić information content (AvgIpc) is 2.90. The molecule has 1 amide bonds. The maximum absolute atomic E-state index is 12.6. The van der Waals surface area contributed by atoms with Crippen molar-refractivity contribution in [3.05, 3.63) is 70.6 Å². The summed E-state index contributed by atoms with van der Waals surface area (Å²) in [6, 6.07) is 17.6. The third-order valence-electron chi connectivity index (χ3n) is 4.86. The van der Waals surface area contributed by atoms with E-state index in [9.17, 15) is 9.59 Å². The highest BCUT2D eigenvalue weighted by molar-refractivity contribution is 5.78. The van der Waals surface area contributed by atoms with Gasteiger partial charge >= 0.3 is 5.69 Å². The van der Waals surface area contributed by atoms with Crippen LogP contribution in [0, 0.1) is 0 Å². The zero-order valence-corrected chi connectivity index (χ0v) is 14.8. The van der Waals surface area contributed by atoms with Crippen LogP contribution in [0.15, 0.2) is 59.4 Å². The van der Waals surface area contributed by atoms with Gasteiger partial charge in [0.1, 0.15) is 0 Å². The van der Waals surface area contributed by atoms with Gasteiger partial charge in [-0.25, -0.2) is 4.79 Å². The average molecular weight is 337 g/mol. The van der Waals surface area contributed by atoms with Crippen LogP contribution in [0.25, 0.3) is 11.0 Å². The predicted octanol–water partition coefficient (Wildman–Crippen LogP) is 2.95. The van der Waals surface area contributed by atoms with Crippen molar-refractivity contribution in [1.82, 2.24) is 14.0 Å². The van der Waals surface area contributed by atoms with Crippen LogP contribution in [-0.4, -0.2) is 27.0 Å². The van der Waals surface area contributed by atoms with E-state index < -0.39 is 0 Å². The summed E-state index contributed by atoms with van der Waals surface area (Å²) in [5.74, 6) is 0.0242. The topological polar surface area (TPSA) is 47.2 Å². The Bertz CT molecular complexity index is 940. The zero-order chi connectivity index (χ0) is 18.0. The first kappa shape index (κ1) is 17.0. The fourth-order valence-electron chi connectivity index (χ4n) is 3.13. The molecule has 0 bridgehead atoms. The van der Waals surface area contributed by atoms with Gasteiger partial charge in [-0.05, 0) is 24.6 Å². The lowest BCUT2D eigenvalue weighted by atomic mass is 10.1. The molecule has 0 saturated carbocycles. The van der Waals surface area contributed by atoms with Gasteiger partial charge in [-0.1, -0.05) is 42.5 Å². The molecule has 0 fully saturated rings. The number of imidazole rings is 1. The highest BCUT2D eigenvalue weighted by Crippen LogP contribution is 2.19. The van der Waals surface area contributed by atoms with Gasteiger partial charge in [0, 0.05) is 27.1 Å². The molecule has 0 spiro atoms. The first-order valence-electron chi connectivity index (χ1n) is 8.45. The molecule has 0 aliphatic rings. The Kier molecular flexibility index (Phi) is 4.74. The van der Waals surface area contributed by atoms with Crippen molar-refractivity contribution in [2.24, 2.45) is 7.05 Å². The summed E-state index contributed by atoms with van der Waals surface area (Å²) in [7, 11) is 3.57. The molecule has 2 aromatic carbocycles. The molecule has 0 unspecified atom stereocenters. The van der Waals surface area contributed by atoms with Crippen molar-refractivity contribution in [3.63, 3.8) is 0 Å². The summed E-state index contributed by atoms with van der Waals surface area (Å²) in [6.07, 6.45) is 0.293. The third kappa shape index (κ3) is 3.22. The molecule has 5 nitrogen and oxygen atoms in total. The van der Waals surface area contributed by atoms with Gasteiger partial charge < -0.3 is 4.90 Å². The second kappa shape index (κ2) is 6.97. The van der Waals surface area contributed by atoms with Crippen LogP contribution in [0.5, 0.6) is 0 Å². The molecule has 1 atom stereocenters. The summed E-state index contributed by atoms with van der Waals surface area (Å²) in [6.45, 7) is 2.39. The smallest absolute Gasteiger partial charge is 0.328 e.